The highest BCUT2D eigenvalue weighted by atomic mass is 19.1. The van der Waals surface area contributed by atoms with Crippen molar-refractivity contribution in [1.29, 1.82) is 0 Å². The molecule has 2 bridgehead atoms. The van der Waals surface area contributed by atoms with Crippen LogP contribution >= 0.6 is 0 Å². The summed E-state index contributed by atoms with van der Waals surface area (Å²) in [6.45, 7) is 3.98. The first-order valence-electron chi connectivity index (χ1n) is 10.2. The number of benzene rings is 1. The highest BCUT2D eigenvalue weighted by Gasteiger charge is 2.47. The summed E-state index contributed by atoms with van der Waals surface area (Å²) in [5.74, 6) is 0.684. The molecule has 2 aromatic heterocycles. The molecule has 2 aliphatic heterocycles. The van der Waals surface area contributed by atoms with Gasteiger partial charge in [-0.1, -0.05) is 6.92 Å². The van der Waals surface area contributed by atoms with Crippen molar-refractivity contribution in [1.82, 2.24) is 25.3 Å². The number of aryl methyl sites for hydroxylation is 1. The largest absolute Gasteiger partial charge is 0.507 e. The first kappa shape index (κ1) is 19.0. The first-order valence-corrected chi connectivity index (χ1v) is 10.2. The third kappa shape index (κ3) is 3.41. The molecule has 3 aromatic rings. The summed E-state index contributed by atoms with van der Waals surface area (Å²) in [5.41, 5.74) is 2.71. The van der Waals surface area contributed by atoms with Gasteiger partial charge in [0, 0.05) is 42.4 Å². The molecule has 30 heavy (non-hydrogen) atoms. The van der Waals surface area contributed by atoms with E-state index in [0.29, 0.717) is 35.5 Å². The molecule has 2 saturated heterocycles. The van der Waals surface area contributed by atoms with Crippen LogP contribution in [0.25, 0.3) is 16.9 Å². The van der Waals surface area contributed by atoms with Crippen LogP contribution in [0.3, 0.4) is 0 Å². The van der Waals surface area contributed by atoms with E-state index in [4.69, 9.17) is 4.74 Å². The lowest BCUT2D eigenvalue weighted by molar-refractivity contribution is 0.0369. The Balaban J connectivity index is 1.32. The van der Waals surface area contributed by atoms with E-state index in [1.54, 1.807) is 28.9 Å². The van der Waals surface area contributed by atoms with Crippen LogP contribution < -0.4 is 10.1 Å². The van der Waals surface area contributed by atoms with Crippen molar-refractivity contribution in [2.45, 2.75) is 51.0 Å². The Morgan fingerprint density at radius 3 is 2.73 bits per heavy atom. The number of phenolic OH excluding ortho intramolecular Hbond substituents is 1. The van der Waals surface area contributed by atoms with Crippen LogP contribution in [0.4, 0.5) is 4.39 Å². The third-order valence-electron chi connectivity index (χ3n) is 6.07. The Hall–Kier alpha value is -3.00. The smallest absolute Gasteiger partial charge is 0.233 e. The van der Waals surface area contributed by atoms with Crippen molar-refractivity contribution >= 4 is 0 Å². The van der Waals surface area contributed by atoms with Crippen LogP contribution in [-0.4, -0.2) is 49.4 Å². The number of hydrogen-bond donors (Lipinski definition) is 2. The number of ether oxygens (including phenoxy) is 1. The highest BCUT2D eigenvalue weighted by Crippen LogP contribution is 2.35. The number of piperidine rings is 1. The minimum Gasteiger partial charge on any atom is -0.507 e. The molecule has 8 heteroatoms. The second-order valence-electron chi connectivity index (χ2n) is 8.30. The van der Waals surface area contributed by atoms with Crippen molar-refractivity contribution in [3.05, 3.63) is 48.3 Å². The Labute approximate surface area is 173 Å². The number of fused-ring (bicyclic) bond motifs is 2. The molecule has 5 unspecified atom stereocenters. The van der Waals surface area contributed by atoms with Crippen LogP contribution in [0.5, 0.6) is 11.6 Å². The molecule has 0 amide bonds. The summed E-state index contributed by atoms with van der Waals surface area (Å²) in [6, 6.07) is 10.7. The molecule has 2 fully saturated rings. The second kappa shape index (κ2) is 7.36. The van der Waals surface area contributed by atoms with Gasteiger partial charge in [0.15, 0.2) is 6.17 Å². The molecule has 7 nitrogen and oxygen atoms in total. The number of alkyl halides is 1. The SMILES string of the molecule is Cc1ccn(-c2ccc(-c3ccc(OC4CC5CC(C)C(N5)C4F)nn3)c(O)c2)n1. The normalized spacial score (nSPS) is 27.9. The number of halogens is 1. The maximum absolute atomic E-state index is 14.8. The zero-order chi connectivity index (χ0) is 20.8. The molecule has 0 spiro atoms. The molecule has 4 heterocycles. The van der Waals surface area contributed by atoms with Crippen LogP contribution in [0.2, 0.25) is 0 Å². The maximum atomic E-state index is 14.8. The summed E-state index contributed by atoms with van der Waals surface area (Å²) in [5, 5.41) is 26.4. The minimum absolute atomic E-state index is 0.0800. The van der Waals surface area contributed by atoms with E-state index < -0.39 is 12.3 Å². The molecular weight excluding hydrogens is 385 g/mol. The van der Waals surface area contributed by atoms with Crippen LogP contribution in [0, 0.1) is 12.8 Å². The van der Waals surface area contributed by atoms with Crippen molar-refractivity contribution in [3.63, 3.8) is 0 Å². The van der Waals surface area contributed by atoms with E-state index in [0.717, 1.165) is 17.8 Å². The summed E-state index contributed by atoms with van der Waals surface area (Å²) >= 11 is 0. The Kier molecular flexibility index (Phi) is 4.66. The standard InChI is InChI=1S/C22H24FN5O2/c1-12-9-14-10-19(21(23)22(12)24-14)30-20-6-5-17(25-26-20)16-4-3-15(11-18(16)29)28-8-7-13(2)27-28/h3-8,11-12,14,19,21-22,24,29H,9-10H2,1-2H3. The monoisotopic (exact) mass is 409 g/mol. The summed E-state index contributed by atoms with van der Waals surface area (Å²) in [7, 11) is 0. The van der Waals surface area contributed by atoms with Gasteiger partial charge >= 0.3 is 0 Å². The zero-order valence-corrected chi connectivity index (χ0v) is 16.9. The molecule has 5 rings (SSSR count). The van der Waals surface area contributed by atoms with Gasteiger partial charge in [-0.15, -0.1) is 10.2 Å². The Morgan fingerprint density at radius 2 is 2.03 bits per heavy atom. The van der Waals surface area contributed by atoms with Crippen molar-refractivity contribution in [2.24, 2.45) is 5.92 Å². The Morgan fingerprint density at radius 1 is 1.17 bits per heavy atom. The lowest BCUT2D eigenvalue weighted by atomic mass is 9.97. The fourth-order valence-corrected chi connectivity index (χ4v) is 4.54. The fraction of sp³-hybridized carbons (Fsp3) is 0.409. The number of rotatable bonds is 4. The summed E-state index contributed by atoms with van der Waals surface area (Å²) < 4.78 is 22.3. The van der Waals surface area contributed by atoms with Crippen molar-refractivity contribution in [2.75, 3.05) is 0 Å². The topological polar surface area (TPSA) is 85.1 Å². The summed E-state index contributed by atoms with van der Waals surface area (Å²) in [6.07, 6.45) is 1.85. The predicted molar refractivity (Wildman–Crippen MR) is 109 cm³/mol. The molecule has 2 aliphatic rings. The molecule has 2 N–H and O–H groups in total. The van der Waals surface area contributed by atoms with E-state index >= 15 is 0 Å². The van der Waals surface area contributed by atoms with E-state index in [1.165, 1.54) is 0 Å². The van der Waals surface area contributed by atoms with Crippen molar-refractivity contribution < 1.29 is 14.2 Å². The lowest BCUT2D eigenvalue weighted by Gasteiger charge is -2.33. The van der Waals surface area contributed by atoms with E-state index in [2.05, 4.69) is 27.5 Å². The van der Waals surface area contributed by atoms with E-state index in [9.17, 15) is 9.50 Å². The number of nitrogens with zero attached hydrogens (tertiary/aromatic N) is 4. The quantitative estimate of drug-likeness (QED) is 0.688. The maximum Gasteiger partial charge on any atom is 0.233 e. The van der Waals surface area contributed by atoms with Gasteiger partial charge in [-0.25, -0.2) is 9.07 Å². The van der Waals surface area contributed by atoms with Gasteiger partial charge in [0.25, 0.3) is 0 Å². The predicted octanol–water partition coefficient (Wildman–Crippen LogP) is 3.20. The molecule has 0 radical (unpaired) electrons. The number of phenols is 1. The molecule has 5 atom stereocenters. The van der Waals surface area contributed by atoms with Gasteiger partial charge in [-0.3, -0.25) is 0 Å². The third-order valence-corrected chi connectivity index (χ3v) is 6.07. The average Bonchev–Trinajstić information content (AvgIpc) is 3.30. The summed E-state index contributed by atoms with van der Waals surface area (Å²) in [4.78, 5) is 0. The zero-order valence-electron chi connectivity index (χ0n) is 16.9. The number of nitrogens with one attached hydrogen (secondary N) is 1. The highest BCUT2D eigenvalue weighted by molar-refractivity contribution is 5.68. The van der Waals surface area contributed by atoms with E-state index in [1.807, 2.05) is 25.3 Å². The number of aromatic nitrogens is 4. The lowest BCUT2D eigenvalue weighted by Crippen LogP contribution is -2.53. The van der Waals surface area contributed by atoms with Crippen molar-refractivity contribution in [3.8, 4) is 28.6 Å². The molecular formula is C22H24FN5O2. The molecule has 156 valence electrons. The minimum atomic E-state index is -1.07. The molecule has 0 saturated carbocycles. The van der Waals surface area contributed by atoms with Gasteiger partial charge in [0.1, 0.15) is 11.9 Å². The van der Waals surface area contributed by atoms with Gasteiger partial charge in [-0.2, -0.15) is 5.10 Å². The second-order valence-corrected chi connectivity index (χ2v) is 8.30. The van der Waals surface area contributed by atoms with Gasteiger partial charge in [0.2, 0.25) is 5.88 Å². The van der Waals surface area contributed by atoms with Gasteiger partial charge in [-0.05, 0) is 43.5 Å². The number of aromatic hydroxyl groups is 1. The van der Waals surface area contributed by atoms with Crippen LogP contribution in [0.15, 0.2) is 42.6 Å². The average molecular weight is 409 g/mol. The van der Waals surface area contributed by atoms with Crippen LogP contribution in [0.1, 0.15) is 25.5 Å². The first-order chi connectivity index (χ1) is 14.5. The van der Waals surface area contributed by atoms with Gasteiger partial charge < -0.3 is 15.2 Å². The fourth-order valence-electron chi connectivity index (χ4n) is 4.54. The Bertz CT molecular complexity index is 1050. The van der Waals surface area contributed by atoms with E-state index in [-0.39, 0.29) is 11.8 Å². The van der Waals surface area contributed by atoms with Gasteiger partial charge in [0.05, 0.1) is 17.1 Å². The van der Waals surface area contributed by atoms with Crippen LogP contribution in [-0.2, 0) is 0 Å². The number of hydrogen-bond acceptors (Lipinski definition) is 6. The molecule has 0 aliphatic carbocycles. The molecule has 1 aromatic carbocycles.